The molecule has 0 aliphatic carbocycles. The Morgan fingerprint density at radius 1 is 1.44 bits per heavy atom. The van der Waals surface area contributed by atoms with E-state index in [9.17, 15) is 9.59 Å². The largest absolute Gasteiger partial charge is 0.298 e. The second-order valence-electron chi connectivity index (χ2n) is 4.21. The monoisotopic (exact) mass is 245 g/mol. The first-order valence-corrected chi connectivity index (χ1v) is 5.97. The quantitative estimate of drug-likeness (QED) is 0.818. The minimum atomic E-state index is -0.248. The number of aryl methyl sites for hydroxylation is 1. The molecule has 0 aliphatic heterocycles. The fraction of sp³-hybridized carbons (Fsp3) is 0.385. The van der Waals surface area contributed by atoms with E-state index in [1.165, 1.54) is 4.57 Å². The van der Waals surface area contributed by atoms with Gasteiger partial charge in [0.05, 0.1) is 12.1 Å². The van der Waals surface area contributed by atoms with E-state index in [-0.39, 0.29) is 17.9 Å². The van der Waals surface area contributed by atoms with Crippen LogP contribution in [0.25, 0.3) is 11.0 Å². The van der Waals surface area contributed by atoms with Crippen LogP contribution in [0.1, 0.15) is 25.6 Å². The Bertz CT molecular complexity index is 646. The number of ketones is 1. The molecule has 0 saturated heterocycles. The summed E-state index contributed by atoms with van der Waals surface area (Å²) in [5.74, 6) is 0.588. The number of hydrogen-bond acceptors (Lipinski definition) is 4. The van der Waals surface area contributed by atoms with Gasteiger partial charge < -0.3 is 0 Å². The van der Waals surface area contributed by atoms with E-state index < -0.39 is 0 Å². The van der Waals surface area contributed by atoms with Crippen molar-refractivity contribution in [2.75, 3.05) is 0 Å². The van der Waals surface area contributed by atoms with Crippen LogP contribution in [0.5, 0.6) is 0 Å². The molecular formula is C13H15N3O2. The predicted octanol–water partition coefficient (Wildman–Crippen LogP) is 1.47. The first-order chi connectivity index (χ1) is 8.63. The highest BCUT2D eigenvalue weighted by Crippen LogP contribution is 2.05. The molecule has 18 heavy (non-hydrogen) atoms. The van der Waals surface area contributed by atoms with Gasteiger partial charge in [-0.2, -0.15) is 0 Å². The number of Topliss-reactive ketones (excluding diaryl/α,β-unsaturated/α-hetero) is 1. The van der Waals surface area contributed by atoms with Gasteiger partial charge in [0.2, 0.25) is 0 Å². The standard InChI is InChI=1S/C13H15N3O2/c1-3-5-10(17)8-16-9(2)15-11-6-4-7-14-12(11)13(16)18/h4,6-7H,3,5,8H2,1-2H3. The number of carbonyl (C=O) groups is 1. The second kappa shape index (κ2) is 5.08. The lowest BCUT2D eigenvalue weighted by Crippen LogP contribution is -2.27. The average Bonchev–Trinajstić information content (AvgIpc) is 2.35. The van der Waals surface area contributed by atoms with Crippen LogP contribution in [0.15, 0.2) is 23.1 Å². The summed E-state index contributed by atoms with van der Waals surface area (Å²) in [4.78, 5) is 32.2. The van der Waals surface area contributed by atoms with Gasteiger partial charge in [0.1, 0.15) is 5.82 Å². The normalized spacial score (nSPS) is 10.8. The van der Waals surface area contributed by atoms with Crippen LogP contribution in [-0.2, 0) is 11.3 Å². The molecule has 0 spiro atoms. The summed E-state index contributed by atoms with van der Waals surface area (Å²) in [5, 5.41) is 0. The van der Waals surface area contributed by atoms with Crippen molar-refractivity contribution in [3.05, 3.63) is 34.5 Å². The first-order valence-electron chi connectivity index (χ1n) is 5.97. The maximum Gasteiger partial charge on any atom is 0.280 e. The number of rotatable bonds is 4. The number of pyridine rings is 1. The molecule has 0 aromatic carbocycles. The van der Waals surface area contributed by atoms with Gasteiger partial charge in [0.25, 0.3) is 5.56 Å². The zero-order valence-electron chi connectivity index (χ0n) is 10.5. The lowest BCUT2D eigenvalue weighted by atomic mass is 10.2. The second-order valence-corrected chi connectivity index (χ2v) is 4.21. The molecule has 0 unspecified atom stereocenters. The third kappa shape index (κ3) is 2.30. The van der Waals surface area contributed by atoms with Crippen molar-refractivity contribution in [3.8, 4) is 0 Å². The van der Waals surface area contributed by atoms with E-state index in [4.69, 9.17) is 0 Å². The topological polar surface area (TPSA) is 64.8 Å². The van der Waals surface area contributed by atoms with E-state index in [0.29, 0.717) is 23.3 Å². The Balaban J connectivity index is 2.51. The van der Waals surface area contributed by atoms with Gasteiger partial charge in [0.15, 0.2) is 11.3 Å². The SMILES string of the molecule is CCCC(=O)Cn1c(C)nc2cccnc2c1=O. The van der Waals surface area contributed by atoms with E-state index in [2.05, 4.69) is 9.97 Å². The maximum atomic E-state index is 12.2. The van der Waals surface area contributed by atoms with Gasteiger partial charge in [-0.3, -0.25) is 14.2 Å². The molecule has 0 radical (unpaired) electrons. The van der Waals surface area contributed by atoms with Crippen LogP contribution in [0.3, 0.4) is 0 Å². The number of nitrogens with zero attached hydrogens (tertiary/aromatic N) is 3. The highest BCUT2D eigenvalue weighted by atomic mass is 16.1. The fourth-order valence-corrected chi connectivity index (χ4v) is 1.88. The molecule has 5 nitrogen and oxygen atoms in total. The smallest absolute Gasteiger partial charge is 0.280 e. The Kier molecular flexibility index (Phi) is 3.50. The summed E-state index contributed by atoms with van der Waals surface area (Å²) < 4.78 is 1.40. The van der Waals surface area contributed by atoms with Gasteiger partial charge in [0, 0.05) is 12.6 Å². The van der Waals surface area contributed by atoms with Crippen molar-refractivity contribution in [1.82, 2.24) is 14.5 Å². The van der Waals surface area contributed by atoms with Gasteiger partial charge in [-0.05, 0) is 25.5 Å². The highest BCUT2D eigenvalue weighted by molar-refractivity contribution is 5.79. The van der Waals surface area contributed by atoms with Crippen LogP contribution >= 0.6 is 0 Å². The predicted molar refractivity (Wildman–Crippen MR) is 68.5 cm³/mol. The fourth-order valence-electron chi connectivity index (χ4n) is 1.88. The molecule has 0 N–H and O–H groups in total. The maximum absolute atomic E-state index is 12.2. The number of hydrogen-bond donors (Lipinski definition) is 0. The lowest BCUT2D eigenvalue weighted by Gasteiger charge is -2.09. The molecule has 0 atom stereocenters. The van der Waals surface area contributed by atoms with Crippen molar-refractivity contribution in [2.24, 2.45) is 0 Å². The molecule has 0 saturated carbocycles. The molecule has 0 amide bonds. The number of fused-ring (bicyclic) bond motifs is 1. The average molecular weight is 245 g/mol. The van der Waals surface area contributed by atoms with Crippen molar-refractivity contribution < 1.29 is 4.79 Å². The van der Waals surface area contributed by atoms with Crippen LogP contribution in [0.4, 0.5) is 0 Å². The van der Waals surface area contributed by atoms with Crippen molar-refractivity contribution >= 4 is 16.8 Å². The summed E-state index contributed by atoms with van der Waals surface area (Å²) in [6.45, 7) is 3.75. The third-order valence-electron chi connectivity index (χ3n) is 2.77. The summed E-state index contributed by atoms with van der Waals surface area (Å²) in [5.41, 5.74) is 0.633. The highest BCUT2D eigenvalue weighted by Gasteiger charge is 2.11. The molecule has 2 heterocycles. The summed E-state index contributed by atoms with van der Waals surface area (Å²) in [6, 6.07) is 3.48. The summed E-state index contributed by atoms with van der Waals surface area (Å²) in [6.07, 6.45) is 2.82. The minimum Gasteiger partial charge on any atom is -0.298 e. The minimum absolute atomic E-state index is 0.0415. The molecule has 2 rings (SSSR count). The van der Waals surface area contributed by atoms with Crippen molar-refractivity contribution in [1.29, 1.82) is 0 Å². The molecule has 0 bridgehead atoms. The molecule has 94 valence electrons. The summed E-state index contributed by atoms with van der Waals surface area (Å²) in [7, 11) is 0. The van der Waals surface area contributed by atoms with Crippen LogP contribution in [0.2, 0.25) is 0 Å². The Hall–Kier alpha value is -2.04. The molecule has 2 aromatic rings. The first kappa shape index (κ1) is 12.4. The Morgan fingerprint density at radius 3 is 2.94 bits per heavy atom. The van der Waals surface area contributed by atoms with Gasteiger partial charge in [-0.1, -0.05) is 6.92 Å². The molecule has 5 heteroatoms. The summed E-state index contributed by atoms with van der Waals surface area (Å²) >= 11 is 0. The Labute approximate surface area is 104 Å². The molecule has 0 fully saturated rings. The van der Waals surface area contributed by atoms with Crippen molar-refractivity contribution in [3.63, 3.8) is 0 Å². The number of carbonyl (C=O) groups excluding carboxylic acids is 1. The molecule has 2 aromatic heterocycles. The van der Waals surface area contributed by atoms with Crippen LogP contribution in [-0.4, -0.2) is 20.3 Å². The zero-order chi connectivity index (χ0) is 13.1. The Morgan fingerprint density at radius 2 is 2.22 bits per heavy atom. The van der Waals surface area contributed by atoms with E-state index >= 15 is 0 Å². The van der Waals surface area contributed by atoms with E-state index in [0.717, 1.165) is 6.42 Å². The molecular weight excluding hydrogens is 230 g/mol. The van der Waals surface area contributed by atoms with E-state index in [1.807, 2.05) is 6.92 Å². The van der Waals surface area contributed by atoms with Crippen molar-refractivity contribution in [2.45, 2.75) is 33.2 Å². The number of aromatic nitrogens is 3. The molecule has 0 aliphatic rings. The van der Waals surface area contributed by atoms with Crippen LogP contribution < -0.4 is 5.56 Å². The lowest BCUT2D eigenvalue weighted by molar-refractivity contribution is -0.119. The zero-order valence-corrected chi connectivity index (χ0v) is 10.5. The van der Waals surface area contributed by atoms with Gasteiger partial charge in [-0.25, -0.2) is 9.97 Å². The van der Waals surface area contributed by atoms with Gasteiger partial charge >= 0.3 is 0 Å². The van der Waals surface area contributed by atoms with Gasteiger partial charge in [-0.15, -0.1) is 0 Å². The van der Waals surface area contributed by atoms with Crippen LogP contribution in [0, 0.1) is 6.92 Å². The third-order valence-corrected chi connectivity index (χ3v) is 2.77. The van der Waals surface area contributed by atoms with E-state index in [1.54, 1.807) is 25.3 Å².